The van der Waals surface area contributed by atoms with E-state index >= 15 is 0 Å². The van der Waals surface area contributed by atoms with Gasteiger partial charge in [-0.2, -0.15) is 0 Å². The lowest BCUT2D eigenvalue weighted by Gasteiger charge is -2.45. The molecule has 0 aromatic carbocycles. The van der Waals surface area contributed by atoms with Crippen LogP contribution in [0.25, 0.3) is 0 Å². The fourth-order valence-corrected chi connectivity index (χ4v) is 3.01. The molecule has 0 N–H and O–H groups in total. The summed E-state index contributed by atoms with van der Waals surface area (Å²) in [5, 5.41) is 0. The molecular weight excluding hydrogens is 228 g/mol. The Morgan fingerprint density at radius 2 is 2.17 bits per heavy atom. The molecule has 18 heavy (non-hydrogen) atoms. The molecule has 2 fully saturated rings. The Hall–Kier alpha value is -0.610. The Morgan fingerprint density at radius 1 is 1.44 bits per heavy atom. The van der Waals surface area contributed by atoms with Crippen molar-refractivity contribution >= 4 is 5.91 Å². The number of hydrogen-bond donors (Lipinski definition) is 0. The van der Waals surface area contributed by atoms with Gasteiger partial charge in [0.2, 0.25) is 5.91 Å². The molecule has 2 rings (SSSR count). The van der Waals surface area contributed by atoms with Crippen molar-refractivity contribution in [2.24, 2.45) is 0 Å². The highest BCUT2D eigenvalue weighted by Gasteiger charge is 2.40. The van der Waals surface area contributed by atoms with Gasteiger partial charge in [-0.3, -0.25) is 9.69 Å². The number of nitrogens with zero attached hydrogens (tertiary/aromatic N) is 2. The summed E-state index contributed by atoms with van der Waals surface area (Å²) in [5.41, 5.74) is -0.210. The zero-order valence-corrected chi connectivity index (χ0v) is 12.1. The van der Waals surface area contributed by atoms with Gasteiger partial charge in [0.25, 0.3) is 0 Å². The van der Waals surface area contributed by atoms with Crippen molar-refractivity contribution in [3.05, 3.63) is 0 Å². The third kappa shape index (κ3) is 2.69. The second-order valence-corrected chi connectivity index (χ2v) is 6.24. The first-order chi connectivity index (χ1) is 8.44. The van der Waals surface area contributed by atoms with Crippen molar-refractivity contribution in [1.82, 2.24) is 9.80 Å². The Labute approximate surface area is 110 Å². The summed E-state index contributed by atoms with van der Waals surface area (Å²) < 4.78 is 5.83. The smallest absolute Gasteiger partial charge is 0.240 e. The molecule has 0 aromatic heterocycles. The van der Waals surface area contributed by atoms with Crippen LogP contribution < -0.4 is 0 Å². The first-order valence-electron chi connectivity index (χ1n) is 7.09. The van der Waals surface area contributed by atoms with Crippen LogP contribution >= 0.6 is 0 Å². The van der Waals surface area contributed by atoms with Crippen molar-refractivity contribution in [3.8, 4) is 0 Å². The molecule has 0 bridgehead atoms. The molecule has 0 radical (unpaired) electrons. The number of morpholine rings is 1. The zero-order valence-electron chi connectivity index (χ0n) is 12.1. The molecule has 0 aromatic rings. The molecule has 2 aliphatic heterocycles. The Kier molecular flexibility index (Phi) is 3.97. The number of amides is 1. The molecule has 2 aliphatic rings. The number of likely N-dealkylation sites (N-methyl/N-ethyl adjacent to an activating group) is 1. The summed E-state index contributed by atoms with van der Waals surface area (Å²) in [6.07, 6.45) is 3.11. The van der Waals surface area contributed by atoms with E-state index in [9.17, 15) is 4.79 Å². The maximum absolute atomic E-state index is 12.7. The average Bonchev–Trinajstić information content (AvgIpc) is 2.73. The fraction of sp³-hybridized carbons (Fsp3) is 0.929. The van der Waals surface area contributed by atoms with E-state index in [2.05, 4.69) is 37.6 Å². The Bertz CT molecular complexity index is 317. The van der Waals surface area contributed by atoms with Crippen LogP contribution in [-0.2, 0) is 9.53 Å². The lowest BCUT2D eigenvalue weighted by molar-refractivity contribution is -0.159. The van der Waals surface area contributed by atoms with Crippen molar-refractivity contribution in [1.29, 1.82) is 0 Å². The van der Waals surface area contributed by atoms with Crippen LogP contribution in [0.15, 0.2) is 0 Å². The van der Waals surface area contributed by atoms with E-state index < -0.39 is 0 Å². The van der Waals surface area contributed by atoms with Gasteiger partial charge in [0.1, 0.15) is 0 Å². The number of carbonyl (C=O) groups excluding carboxylic acids is 1. The summed E-state index contributed by atoms with van der Waals surface area (Å²) >= 11 is 0. The molecule has 0 spiro atoms. The molecule has 1 amide bonds. The van der Waals surface area contributed by atoms with Crippen molar-refractivity contribution in [2.75, 3.05) is 26.7 Å². The van der Waals surface area contributed by atoms with Gasteiger partial charge < -0.3 is 9.64 Å². The number of likely N-dealkylation sites (tertiary alicyclic amines) is 1. The molecule has 104 valence electrons. The fourth-order valence-electron chi connectivity index (χ4n) is 3.01. The van der Waals surface area contributed by atoms with Crippen molar-refractivity contribution in [3.63, 3.8) is 0 Å². The minimum absolute atomic E-state index is 0.0907. The largest absolute Gasteiger partial charge is 0.372 e. The van der Waals surface area contributed by atoms with Crippen LogP contribution in [0.3, 0.4) is 0 Å². The first-order valence-corrected chi connectivity index (χ1v) is 7.09. The SMILES string of the molecule is CCC1COC(C)(C)CN1C(=O)[C@H]1CCCN1C. The zero-order chi connectivity index (χ0) is 13.3. The number of hydrogen-bond acceptors (Lipinski definition) is 3. The predicted octanol–water partition coefficient (Wildman–Crippen LogP) is 1.50. The molecule has 1 unspecified atom stereocenters. The quantitative estimate of drug-likeness (QED) is 0.748. The van der Waals surface area contributed by atoms with Crippen molar-refractivity contribution < 1.29 is 9.53 Å². The maximum Gasteiger partial charge on any atom is 0.240 e. The van der Waals surface area contributed by atoms with E-state index in [4.69, 9.17) is 4.74 Å². The lowest BCUT2D eigenvalue weighted by Crippen LogP contribution is -2.59. The third-order valence-corrected chi connectivity index (χ3v) is 4.22. The summed E-state index contributed by atoms with van der Waals surface area (Å²) in [7, 11) is 2.06. The van der Waals surface area contributed by atoms with Crippen LogP contribution in [0.2, 0.25) is 0 Å². The van der Waals surface area contributed by atoms with Crippen LogP contribution in [0.1, 0.15) is 40.0 Å². The summed E-state index contributed by atoms with van der Waals surface area (Å²) in [5.74, 6) is 0.304. The van der Waals surface area contributed by atoms with Crippen LogP contribution in [0.5, 0.6) is 0 Å². The number of rotatable bonds is 2. The Balaban J connectivity index is 2.10. The normalized spacial score (nSPS) is 32.8. The highest BCUT2D eigenvalue weighted by molar-refractivity contribution is 5.82. The molecule has 2 saturated heterocycles. The molecule has 0 saturated carbocycles. The highest BCUT2D eigenvalue weighted by atomic mass is 16.5. The summed E-state index contributed by atoms with van der Waals surface area (Å²) in [6, 6.07) is 0.340. The van der Waals surface area contributed by atoms with Gasteiger partial charge in [0, 0.05) is 6.54 Å². The van der Waals surface area contributed by atoms with Gasteiger partial charge in [0.15, 0.2) is 0 Å². The minimum atomic E-state index is -0.210. The highest BCUT2D eigenvalue weighted by Crippen LogP contribution is 2.26. The van der Waals surface area contributed by atoms with Crippen LogP contribution in [-0.4, -0.2) is 60.1 Å². The van der Waals surface area contributed by atoms with Crippen LogP contribution in [0.4, 0.5) is 0 Å². The summed E-state index contributed by atoms with van der Waals surface area (Å²) in [4.78, 5) is 17.0. The van der Waals surface area contributed by atoms with Gasteiger partial charge in [-0.25, -0.2) is 0 Å². The second kappa shape index (κ2) is 5.17. The number of carbonyl (C=O) groups is 1. The maximum atomic E-state index is 12.7. The van der Waals surface area contributed by atoms with Gasteiger partial charge >= 0.3 is 0 Å². The average molecular weight is 254 g/mol. The Morgan fingerprint density at radius 3 is 2.72 bits per heavy atom. The van der Waals surface area contributed by atoms with Gasteiger partial charge in [-0.1, -0.05) is 6.92 Å². The molecule has 4 nitrogen and oxygen atoms in total. The summed E-state index contributed by atoms with van der Waals surface area (Å²) in [6.45, 7) is 8.70. The van der Waals surface area contributed by atoms with Crippen LogP contribution in [0, 0.1) is 0 Å². The minimum Gasteiger partial charge on any atom is -0.372 e. The third-order valence-electron chi connectivity index (χ3n) is 4.22. The number of ether oxygens (including phenoxy) is 1. The molecule has 2 atom stereocenters. The van der Waals surface area contributed by atoms with E-state index in [1.807, 2.05) is 0 Å². The van der Waals surface area contributed by atoms with Gasteiger partial charge in [-0.05, 0) is 46.7 Å². The van der Waals surface area contributed by atoms with E-state index in [0.29, 0.717) is 19.1 Å². The monoisotopic (exact) mass is 254 g/mol. The van der Waals surface area contributed by atoms with E-state index in [-0.39, 0.29) is 17.7 Å². The van der Waals surface area contributed by atoms with Crippen molar-refractivity contribution in [2.45, 2.75) is 57.7 Å². The first kappa shape index (κ1) is 13.8. The molecule has 0 aliphatic carbocycles. The van der Waals surface area contributed by atoms with E-state index in [1.165, 1.54) is 0 Å². The van der Waals surface area contributed by atoms with Gasteiger partial charge in [0.05, 0.1) is 24.3 Å². The van der Waals surface area contributed by atoms with Gasteiger partial charge in [-0.15, -0.1) is 0 Å². The molecule has 4 heteroatoms. The molecule has 2 heterocycles. The van der Waals surface area contributed by atoms with E-state index in [1.54, 1.807) is 0 Å². The topological polar surface area (TPSA) is 32.8 Å². The lowest BCUT2D eigenvalue weighted by atomic mass is 10.0. The predicted molar refractivity (Wildman–Crippen MR) is 71.5 cm³/mol. The second-order valence-electron chi connectivity index (χ2n) is 6.24. The molecular formula is C14H26N2O2. The van der Waals surface area contributed by atoms with E-state index in [0.717, 1.165) is 25.8 Å². The standard InChI is InChI=1S/C14H26N2O2/c1-5-11-9-18-14(2,3)10-16(11)13(17)12-7-6-8-15(12)4/h11-12H,5-10H2,1-4H3/t11?,12-/m1/s1.